The number of rotatable bonds is 7. The Kier molecular flexibility index (Phi) is 6.21. The number of nitrogens with zero attached hydrogens (tertiary/aromatic N) is 2. The highest BCUT2D eigenvalue weighted by Crippen LogP contribution is 2.22. The zero-order valence-electron chi connectivity index (χ0n) is 11.1. The summed E-state index contributed by atoms with van der Waals surface area (Å²) in [5.41, 5.74) is 0.746. The summed E-state index contributed by atoms with van der Waals surface area (Å²) >= 11 is 1.40. The molecule has 1 heterocycles. The van der Waals surface area contributed by atoms with Crippen LogP contribution < -0.4 is 5.32 Å². The van der Waals surface area contributed by atoms with Crippen molar-refractivity contribution in [3.63, 3.8) is 0 Å². The molecule has 1 amide bonds. The SMILES string of the molecule is CCCCNC(=O)C(C)Sc1ncc(CO)n1C. The van der Waals surface area contributed by atoms with Gasteiger partial charge in [-0.05, 0) is 13.3 Å². The fourth-order valence-electron chi connectivity index (χ4n) is 1.43. The molecule has 0 aliphatic heterocycles. The van der Waals surface area contributed by atoms with Crippen molar-refractivity contribution in [2.45, 2.75) is 43.7 Å². The van der Waals surface area contributed by atoms with Crippen LogP contribution in [0.2, 0.25) is 0 Å². The summed E-state index contributed by atoms with van der Waals surface area (Å²) in [6.07, 6.45) is 3.70. The van der Waals surface area contributed by atoms with Gasteiger partial charge in [0.25, 0.3) is 0 Å². The standard InChI is InChI=1S/C12H21N3O2S/c1-4-5-6-13-11(17)9(2)18-12-14-7-10(8-16)15(12)3/h7,9,16H,4-6,8H2,1-3H3,(H,13,17). The van der Waals surface area contributed by atoms with E-state index in [1.165, 1.54) is 11.8 Å². The average molecular weight is 271 g/mol. The highest BCUT2D eigenvalue weighted by Gasteiger charge is 2.17. The summed E-state index contributed by atoms with van der Waals surface area (Å²) in [6.45, 7) is 4.64. The first-order valence-corrected chi connectivity index (χ1v) is 7.03. The molecule has 0 aliphatic rings. The van der Waals surface area contributed by atoms with E-state index in [-0.39, 0.29) is 17.8 Å². The second-order valence-corrected chi connectivity index (χ2v) is 5.46. The van der Waals surface area contributed by atoms with Gasteiger partial charge in [0.2, 0.25) is 5.91 Å². The van der Waals surface area contributed by atoms with E-state index in [1.807, 2.05) is 14.0 Å². The lowest BCUT2D eigenvalue weighted by atomic mass is 10.3. The Labute approximate surface area is 112 Å². The molecule has 0 saturated heterocycles. The fraction of sp³-hybridized carbons (Fsp3) is 0.667. The molecule has 1 unspecified atom stereocenters. The van der Waals surface area contributed by atoms with Crippen LogP contribution in [-0.2, 0) is 18.4 Å². The molecule has 2 N–H and O–H groups in total. The summed E-state index contributed by atoms with van der Waals surface area (Å²) in [4.78, 5) is 16.0. The van der Waals surface area contributed by atoms with Crippen LogP contribution in [0.15, 0.2) is 11.4 Å². The number of thioether (sulfide) groups is 1. The van der Waals surface area contributed by atoms with Crippen LogP contribution in [0.4, 0.5) is 0 Å². The number of carbonyl (C=O) groups is 1. The third-order valence-corrected chi connectivity index (χ3v) is 3.84. The normalized spacial score (nSPS) is 12.4. The predicted molar refractivity (Wildman–Crippen MR) is 72.4 cm³/mol. The first kappa shape index (κ1) is 15.0. The van der Waals surface area contributed by atoms with E-state index in [4.69, 9.17) is 5.11 Å². The van der Waals surface area contributed by atoms with Crippen molar-refractivity contribution in [3.8, 4) is 0 Å². The number of aliphatic hydroxyl groups excluding tert-OH is 1. The van der Waals surface area contributed by atoms with Crippen molar-refractivity contribution in [2.75, 3.05) is 6.54 Å². The highest BCUT2D eigenvalue weighted by molar-refractivity contribution is 8.00. The lowest BCUT2D eigenvalue weighted by Crippen LogP contribution is -2.31. The van der Waals surface area contributed by atoms with E-state index >= 15 is 0 Å². The Morgan fingerprint density at radius 2 is 2.39 bits per heavy atom. The molecule has 0 fully saturated rings. The summed E-state index contributed by atoms with van der Waals surface area (Å²) in [7, 11) is 1.84. The Morgan fingerprint density at radius 1 is 1.67 bits per heavy atom. The minimum atomic E-state index is -0.186. The first-order chi connectivity index (χ1) is 8.60. The minimum absolute atomic E-state index is 0.0296. The number of carbonyl (C=O) groups excluding carboxylic acids is 1. The number of aliphatic hydroxyl groups is 1. The first-order valence-electron chi connectivity index (χ1n) is 6.16. The van der Waals surface area contributed by atoms with Crippen LogP contribution >= 0.6 is 11.8 Å². The molecule has 0 aromatic carbocycles. The van der Waals surface area contributed by atoms with Crippen LogP contribution in [0.25, 0.3) is 0 Å². The number of amides is 1. The largest absolute Gasteiger partial charge is 0.390 e. The minimum Gasteiger partial charge on any atom is -0.390 e. The van der Waals surface area contributed by atoms with E-state index in [0.29, 0.717) is 0 Å². The van der Waals surface area contributed by atoms with E-state index in [1.54, 1.807) is 10.8 Å². The lowest BCUT2D eigenvalue weighted by Gasteiger charge is -2.11. The number of aromatic nitrogens is 2. The Hall–Kier alpha value is -1.01. The molecule has 0 bridgehead atoms. The monoisotopic (exact) mass is 271 g/mol. The third-order valence-electron chi connectivity index (χ3n) is 2.68. The topological polar surface area (TPSA) is 67.2 Å². The van der Waals surface area contributed by atoms with E-state index in [2.05, 4.69) is 17.2 Å². The van der Waals surface area contributed by atoms with Crippen LogP contribution in [0.5, 0.6) is 0 Å². The molecule has 0 aliphatic carbocycles. The van der Waals surface area contributed by atoms with Crippen molar-refractivity contribution in [1.29, 1.82) is 0 Å². The summed E-state index contributed by atoms with van der Waals surface area (Å²) < 4.78 is 1.81. The van der Waals surface area contributed by atoms with Crippen LogP contribution in [0, 0.1) is 0 Å². The van der Waals surface area contributed by atoms with Crippen LogP contribution in [-0.4, -0.2) is 32.4 Å². The van der Waals surface area contributed by atoms with Gasteiger partial charge in [0.05, 0.1) is 23.7 Å². The van der Waals surface area contributed by atoms with Gasteiger partial charge in [0.15, 0.2) is 5.16 Å². The molecular formula is C12H21N3O2S. The molecule has 1 aromatic heterocycles. The van der Waals surface area contributed by atoms with Gasteiger partial charge in [-0.2, -0.15) is 0 Å². The van der Waals surface area contributed by atoms with E-state index in [0.717, 1.165) is 30.2 Å². The maximum Gasteiger partial charge on any atom is 0.233 e. The number of hydrogen-bond acceptors (Lipinski definition) is 4. The second-order valence-electron chi connectivity index (χ2n) is 4.15. The smallest absolute Gasteiger partial charge is 0.233 e. The van der Waals surface area contributed by atoms with E-state index < -0.39 is 0 Å². The molecule has 1 rings (SSSR count). The van der Waals surface area contributed by atoms with Crippen LogP contribution in [0.1, 0.15) is 32.4 Å². The average Bonchev–Trinajstić information content (AvgIpc) is 2.70. The van der Waals surface area contributed by atoms with Crippen molar-refractivity contribution in [1.82, 2.24) is 14.9 Å². The van der Waals surface area contributed by atoms with Crippen molar-refractivity contribution in [3.05, 3.63) is 11.9 Å². The maximum absolute atomic E-state index is 11.8. The van der Waals surface area contributed by atoms with E-state index in [9.17, 15) is 4.79 Å². The summed E-state index contributed by atoms with van der Waals surface area (Å²) in [6, 6.07) is 0. The number of unbranched alkanes of at least 4 members (excludes halogenated alkanes) is 1. The van der Waals surface area contributed by atoms with Gasteiger partial charge in [-0.3, -0.25) is 4.79 Å². The quantitative estimate of drug-likeness (QED) is 0.579. The van der Waals surface area contributed by atoms with Gasteiger partial charge in [-0.25, -0.2) is 4.98 Å². The third kappa shape index (κ3) is 4.03. The van der Waals surface area contributed by atoms with Gasteiger partial charge in [-0.1, -0.05) is 25.1 Å². The fourth-order valence-corrected chi connectivity index (χ4v) is 2.32. The predicted octanol–water partition coefficient (Wildman–Crippen LogP) is 1.31. The molecule has 102 valence electrons. The highest BCUT2D eigenvalue weighted by atomic mass is 32.2. The molecule has 1 aromatic rings. The zero-order valence-corrected chi connectivity index (χ0v) is 12.0. The molecule has 6 heteroatoms. The van der Waals surface area contributed by atoms with Crippen molar-refractivity contribution < 1.29 is 9.90 Å². The lowest BCUT2D eigenvalue weighted by molar-refractivity contribution is -0.120. The molecule has 18 heavy (non-hydrogen) atoms. The van der Waals surface area contributed by atoms with Gasteiger partial charge in [-0.15, -0.1) is 0 Å². The molecule has 0 spiro atoms. The van der Waals surface area contributed by atoms with Gasteiger partial charge < -0.3 is 15.0 Å². The molecule has 0 radical (unpaired) electrons. The Bertz CT molecular complexity index is 393. The van der Waals surface area contributed by atoms with Gasteiger partial charge >= 0.3 is 0 Å². The maximum atomic E-state index is 11.8. The molecule has 1 atom stereocenters. The number of hydrogen-bond donors (Lipinski definition) is 2. The Morgan fingerprint density at radius 3 is 2.94 bits per heavy atom. The van der Waals surface area contributed by atoms with Crippen molar-refractivity contribution >= 4 is 17.7 Å². The molecule has 5 nitrogen and oxygen atoms in total. The summed E-state index contributed by atoms with van der Waals surface area (Å²) in [5, 5.41) is 12.5. The molecule has 0 saturated carbocycles. The second kappa shape index (κ2) is 7.43. The van der Waals surface area contributed by atoms with Gasteiger partial charge in [0.1, 0.15) is 0 Å². The number of nitrogens with one attached hydrogen (secondary N) is 1. The van der Waals surface area contributed by atoms with Gasteiger partial charge in [0, 0.05) is 13.6 Å². The molecular weight excluding hydrogens is 250 g/mol. The van der Waals surface area contributed by atoms with Crippen molar-refractivity contribution in [2.24, 2.45) is 7.05 Å². The van der Waals surface area contributed by atoms with Crippen LogP contribution in [0.3, 0.4) is 0 Å². The zero-order chi connectivity index (χ0) is 13.5. The number of imidazole rings is 1. The Balaban J connectivity index is 2.50. The summed E-state index contributed by atoms with van der Waals surface area (Å²) in [5.74, 6) is 0.0296.